The molecule has 2 aromatic rings. The molecule has 1 saturated heterocycles. The first-order valence-corrected chi connectivity index (χ1v) is 8.26. The van der Waals surface area contributed by atoms with Gasteiger partial charge in [-0.3, -0.25) is 10.1 Å². The van der Waals surface area contributed by atoms with Crippen LogP contribution in [0.1, 0.15) is 17.7 Å². The number of amides is 3. The van der Waals surface area contributed by atoms with Crippen molar-refractivity contribution < 1.29 is 9.59 Å². The Morgan fingerprint density at radius 3 is 2.70 bits per heavy atom. The second-order valence-corrected chi connectivity index (χ2v) is 6.49. The van der Waals surface area contributed by atoms with E-state index in [0.29, 0.717) is 18.1 Å². The van der Waals surface area contributed by atoms with Crippen LogP contribution in [0.25, 0.3) is 0 Å². The van der Waals surface area contributed by atoms with Crippen LogP contribution >= 0.6 is 11.3 Å². The molecule has 2 N–H and O–H groups in total. The second-order valence-electron chi connectivity index (χ2n) is 5.63. The minimum atomic E-state index is -0.331. The number of urea groups is 1. The first-order valence-electron chi connectivity index (χ1n) is 7.38. The molecule has 23 heavy (non-hydrogen) atoms. The number of carbonyl (C=O) groups excluding carboxylic acids is 2. The highest BCUT2D eigenvalue weighted by molar-refractivity contribution is 7.13. The number of carbonyl (C=O) groups is 2. The molecule has 0 bridgehead atoms. The quantitative estimate of drug-likeness (QED) is 0.908. The van der Waals surface area contributed by atoms with Gasteiger partial charge in [-0.2, -0.15) is 0 Å². The van der Waals surface area contributed by atoms with E-state index in [1.54, 1.807) is 4.90 Å². The van der Waals surface area contributed by atoms with E-state index in [2.05, 4.69) is 15.6 Å². The van der Waals surface area contributed by atoms with Gasteiger partial charge in [0.05, 0.1) is 11.7 Å². The van der Waals surface area contributed by atoms with Crippen molar-refractivity contribution in [2.75, 3.05) is 16.8 Å². The number of nitrogens with one attached hydrogen (secondary N) is 2. The fourth-order valence-corrected chi connectivity index (χ4v) is 3.19. The summed E-state index contributed by atoms with van der Waals surface area (Å²) in [4.78, 5) is 30.0. The molecule has 7 heteroatoms. The molecule has 1 atom stereocenters. The molecular formula is C16H18N4O2S. The number of aromatic nitrogens is 1. The van der Waals surface area contributed by atoms with Crippen molar-refractivity contribution in [3.05, 3.63) is 40.9 Å². The summed E-state index contributed by atoms with van der Waals surface area (Å²) in [6, 6.07) is 7.26. The number of aryl methyl sites for hydroxylation is 2. The third kappa shape index (κ3) is 3.68. The van der Waals surface area contributed by atoms with Crippen molar-refractivity contribution in [3.8, 4) is 0 Å². The lowest BCUT2D eigenvalue weighted by molar-refractivity contribution is -0.117. The van der Waals surface area contributed by atoms with Gasteiger partial charge in [0.25, 0.3) is 0 Å². The van der Waals surface area contributed by atoms with Gasteiger partial charge in [0, 0.05) is 24.0 Å². The van der Waals surface area contributed by atoms with Gasteiger partial charge in [-0.15, -0.1) is 11.3 Å². The van der Waals surface area contributed by atoms with Crippen molar-refractivity contribution in [1.29, 1.82) is 0 Å². The topological polar surface area (TPSA) is 74.3 Å². The molecule has 6 nitrogen and oxygen atoms in total. The van der Waals surface area contributed by atoms with Crippen molar-refractivity contribution in [3.63, 3.8) is 0 Å². The predicted molar refractivity (Wildman–Crippen MR) is 90.9 cm³/mol. The Balaban J connectivity index is 1.59. The standard InChI is InChI=1S/C16H18N4O2S/c1-10-3-5-13(6-4-10)20-8-12(7-14(20)21)18-15(22)19-16-17-11(2)9-23-16/h3-6,9,12H,7-8H2,1-2H3,(H2,17,18,19,22)/t12-/m0/s1. The largest absolute Gasteiger partial charge is 0.333 e. The summed E-state index contributed by atoms with van der Waals surface area (Å²) < 4.78 is 0. The van der Waals surface area contributed by atoms with Gasteiger partial charge >= 0.3 is 6.03 Å². The van der Waals surface area contributed by atoms with Crippen LogP contribution in [0.4, 0.5) is 15.6 Å². The molecule has 1 fully saturated rings. The van der Waals surface area contributed by atoms with Crippen molar-refractivity contribution in [2.24, 2.45) is 0 Å². The van der Waals surface area contributed by atoms with Crippen LogP contribution in [0.2, 0.25) is 0 Å². The lowest BCUT2D eigenvalue weighted by Crippen LogP contribution is -2.39. The number of hydrogen-bond donors (Lipinski definition) is 2. The minimum Gasteiger partial charge on any atom is -0.333 e. The third-order valence-corrected chi connectivity index (χ3v) is 4.52. The number of hydrogen-bond acceptors (Lipinski definition) is 4. The van der Waals surface area contributed by atoms with Crippen LogP contribution in [0.5, 0.6) is 0 Å². The zero-order valence-corrected chi connectivity index (χ0v) is 13.8. The summed E-state index contributed by atoms with van der Waals surface area (Å²) in [5.74, 6) is 0.0178. The van der Waals surface area contributed by atoms with E-state index in [9.17, 15) is 9.59 Å². The normalized spacial score (nSPS) is 17.4. The van der Waals surface area contributed by atoms with Gasteiger partial charge < -0.3 is 10.2 Å². The van der Waals surface area contributed by atoms with Gasteiger partial charge in [0.1, 0.15) is 0 Å². The zero-order valence-electron chi connectivity index (χ0n) is 13.0. The lowest BCUT2D eigenvalue weighted by Gasteiger charge is -2.17. The Kier molecular flexibility index (Phi) is 4.29. The van der Waals surface area contributed by atoms with Crippen LogP contribution in [0.15, 0.2) is 29.6 Å². The van der Waals surface area contributed by atoms with E-state index >= 15 is 0 Å². The Morgan fingerprint density at radius 1 is 1.30 bits per heavy atom. The molecule has 3 amide bonds. The van der Waals surface area contributed by atoms with E-state index < -0.39 is 0 Å². The first-order chi connectivity index (χ1) is 11.0. The Hall–Kier alpha value is -2.41. The summed E-state index contributed by atoms with van der Waals surface area (Å²) in [6.45, 7) is 4.35. The highest BCUT2D eigenvalue weighted by atomic mass is 32.1. The molecule has 1 aliphatic rings. The molecule has 0 radical (unpaired) electrons. The monoisotopic (exact) mass is 330 g/mol. The average molecular weight is 330 g/mol. The minimum absolute atomic E-state index is 0.0178. The van der Waals surface area contributed by atoms with Crippen LogP contribution < -0.4 is 15.5 Å². The summed E-state index contributed by atoms with van der Waals surface area (Å²) in [7, 11) is 0. The lowest BCUT2D eigenvalue weighted by atomic mass is 10.2. The smallest absolute Gasteiger partial charge is 0.321 e. The summed E-state index contributed by atoms with van der Waals surface area (Å²) in [6.07, 6.45) is 0.304. The molecule has 1 aliphatic heterocycles. The van der Waals surface area contributed by atoms with E-state index in [1.807, 2.05) is 43.5 Å². The van der Waals surface area contributed by atoms with Gasteiger partial charge in [-0.25, -0.2) is 9.78 Å². The molecule has 0 aliphatic carbocycles. The molecule has 3 rings (SSSR count). The fourth-order valence-electron chi connectivity index (χ4n) is 2.51. The van der Waals surface area contributed by atoms with Crippen molar-refractivity contribution in [1.82, 2.24) is 10.3 Å². The van der Waals surface area contributed by atoms with E-state index in [-0.39, 0.29) is 18.0 Å². The third-order valence-electron chi connectivity index (χ3n) is 3.65. The van der Waals surface area contributed by atoms with Gasteiger partial charge in [-0.05, 0) is 26.0 Å². The summed E-state index contributed by atoms with van der Waals surface area (Å²) in [5, 5.41) is 7.95. The Labute approximate surface area is 138 Å². The van der Waals surface area contributed by atoms with E-state index in [4.69, 9.17) is 0 Å². The number of rotatable bonds is 3. The van der Waals surface area contributed by atoms with Crippen LogP contribution in [0, 0.1) is 13.8 Å². The SMILES string of the molecule is Cc1ccc(N2C[C@@H](NC(=O)Nc3nc(C)cs3)CC2=O)cc1. The van der Waals surface area contributed by atoms with Gasteiger partial charge in [0.15, 0.2) is 5.13 Å². The number of thiazole rings is 1. The Bertz CT molecular complexity index is 726. The Morgan fingerprint density at radius 2 is 2.04 bits per heavy atom. The number of benzene rings is 1. The molecular weight excluding hydrogens is 312 g/mol. The summed E-state index contributed by atoms with van der Waals surface area (Å²) >= 11 is 1.37. The van der Waals surface area contributed by atoms with E-state index in [0.717, 1.165) is 16.9 Å². The van der Waals surface area contributed by atoms with Crippen molar-refractivity contribution >= 4 is 34.1 Å². The highest BCUT2D eigenvalue weighted by Crippen LogP contribution is 2.22. The van der Waals surface area contributed by atoms with E-state index in [1.165, 1.54) is 11.3 Å². The van der Waals surface area contributed by atoms with Crippen LogP contribution in [-0.4, -0.2) is 29.5 Å². The van der Waals surface area contributed by atoms with Crippen LogP contribution in [-0.2, 0) is 4.79 Å². The highest BCUT2D eigenvalue weighted by Gasteiger charge is 2.31. The summed E-state index contributed by atoms with van der Waals surface area (Å²) in [5.41, 5.74) is 2.88. The fraction of sp³-hybridized carbons (Fsp3) is 0.312. The molecule has 1 aromatic heterocycles. The maximum Gasteiger partial charge on any atom is 0.321 e. The average Bonchev–Trinajstić information content (AvgIpc) is 3.06. The van der Waals surface area contributed by atoms with Gasteiger partial charge in [0.2, 0.25) is 5.91 Å². The molecule has 2 heterocycles. The zero-order chi connectivity index (χ0) is 16.4. The number of anilines is 2. The molecule has 0 spiro atoms. The number of nitrogens with zero attached hydrogens (tertiary/aromatic N) is 2. The molecule has 0 saturated carbocycles. The first kappa shape index (κ1) is 15.5. The van der Waals surface area contributed by atoms with Crippen LogP contribution in [0.3, 0.4) is 0 Å². The van der Waals surface area contributed by atoms with Gasteiger partial charge in [-0.1, -0.05) is 17.7 Å². The molecule has 0 unspecified atom stereocenters. The molecule has 120 valence electrons. The van der Waals surface area contributed by atoms with Crippen molar-refractivity contribution in [2.45, 2.75) is 26.3 Å². The maximum atomic E-state index is 12.2. The predicted octanol–water partition coefficient (Wildman–Crippen LogP) is 2.69. The maximum absolute atomic E-state index is 12.2. The molecule has 1 aromatic carbocycles. The second kappa shape index (κ2) is 6.37.